The second kappa shape index (κ2) is 5.27. The van der Waals surface area contributed by atoms with Gasteiger partial charge in [0.15, 0.2) is 0 Å². The molecule has 4 nitrogen and oxygen atoms in total. The van der Waals surface area contributed by atoms with Crippen LogP contribution in [0.2, 0.25) is 0 Å². The molecule has 0 amide bonds. The van der Waals surface area contributed by atoms with Gasteiger partial charge >= 0.3 is 0 Å². The second-order valence-corrected chi connectivity index (χ2v) is 4.69. The number of benzene rings is 2. The maximum Gasteiger partial charge on any atom is 0.115 e. The van der Waals surface area contributed by atoms with Gasteiger partial charge in [0.05, 0.1) is 17.1 Å². The molecular formula is C16H14N2O2. The first kappa shape index (κ1) is 12.6. The lowest BCUT2D eigenvalue weighted by atomic mass is 10.0. The van der Waals surface area contributed by atoms with E-state index in [1.165, 1.54) is 0 Å². The van der Waals surface area contributed by atoms with E-state index in [0.717, 1.165) is 22.2 Å². The zero-order chi connectivity index (χ0) is 13.9. The average Bonchev–Trinajstić information content (AvgIpc) is 2.47. The number of aliphatic hydroxyl groups excluding tert-OH is 1. The third-order valence-electron chi connectivity index (χ3n) is 3.22. The van der Waals surface area contributed by atoms with Crippen molar-refractivity contribution < 1.29 is 10.2 Å². The topological polar surface area (TPSA) is 66.2 Å². The van der Waals surface area contributed by atoms with Crippen molar-refractivity contribution in [3.8, 4) is 5.75 Å². The van der Waals surface area contributed by atoms with Crippen LogP contribution in [0, 0.1) is 0 Å². The Morgan fingerprint density at radius 3 is 2.55 bits per heavy atom. The maximum absolute atomic E-state index is 10.3. The summed E-state index contributed by atoms with van der Waals surface area (Å²) < 4.78 is 0. The predicted octanol–water partition coefficient (Wildman–Crippen LogP) is 2.61. The van der Waals surface area contributed by atoms with Crippen molar-refractivity contribution in [1.29, 1.82) is 0 Å². The fourth-order valence-electron chi connectivity index (χ4n) is 2.21. The molecule has 3 aromatic rings. The number of aromatic hydroxyl groups is 1. The summed E-state index contributed by atoms with van der Waals surface area (Å²) in [6, 6.07) is 12.5. The molecular weight excluding hydrogens is 252 g/mol. The van der Waals surface area contributed by atoms with Crippen molar-refractivity contribution in [2.45, 2.75) is 12.5 Å². The van der Waals surface area contributed by atoms with Gasteiger partial charge in [0, 0.05) is 18.8 Å². The number of phenolic OH excluding ortho intramolecular Hbond substituents is 1. The Hall–Kier alpha value is -2.46. The molecule has 0 aliphatic heterocycles. The highest BCUT2D eigenvalue weighted by Gasteiger charge is 2.10. The minimum absolute atomic E-state index is 0.207. The van der Waals surface area contributed by atoms with E-state index in [4.69, 9.17) is 0 Å². The summed E-state index contributed by atoms with van der Waals surface area (Å²) in [4.78, 5) is 8.43. The van der Waals surface area contributed by atoms with Gasteiger partial charge in [0.1, 0.15) is 5.75 Å². The fourth-order valence-corrected chi connectivity index (χ4v) is 2.21. The van der Waals surface area contributed by atoms with E-state index in [-0.39, 0.29) is 5.75 Å². The Morgan fingerprint density at radius 1 is 0.950 bits per heavy atom. The molecule has 2 N–H and O–H groups in total. The summed E-state index contributed by atoms with van der Waals surface area (Å²) in [5, 5.41) is 19.7. The van der Waals surface area contributed by atoms with E-state index in [2.05, 4.69) is 9.97 Å². The van der Waals surface area contributed by atoms with Crippen LogP contribution in [0.25, 0.3) is 11.0 Å². The van der Waals surface area contributed by atoms with E-state index >= 15 is 0 Å². The number of aromatic nitrogens is 2. The molecule has 1 atom stereocenters. The van der Waals surface area contributed by atoms with Crippen LogP contribution in [0.3, 0.4) is 0 Å². The zero-order valence-electron chi connectivity index (χ0n) is 10.8. The number of phenols is 1. The van der Waals surface area contributed by atoms with Crippen LogP contribution in [-0.2, 0) is 6.42 Å². The number of hydrogen-bond acceptors (Lipinski definition) is 4. The van der Waals surface area contributed by atoms with Crippen LogP contribution in [0.15, 0.2) is 54.9 Å². The standard InChI is InChI=1S/C16H14N2O2/c19-13-3-1-2-11(8-13)9-16(20)12-4-5-14-15(10-12)18-7-6-17-14/h1-8,10,16,19-20H,9H2. The van der Waals surface area contributed by atoms with E-state index in [9.17, 15) is 10.2 Å². The molecule has 2 aromatic carbocycles. The molecule has 0 radical (unpaired) electrons. The highest BCUT2D eigenvalue weighted by atomic mass is 16.3. The van der Waals surface area contributed by atoms with Crippen LogP contribution < -0.4 is 0 Å². The van der Waals surface area contributed by atoms with Gasteiger partial charge in [-0.05, 0) is 35.4 Å². The first-order valence-electron chi connectivity index (χ1n) is 6.39. The molecule has 100 valence electrons. The summed E-state index contributed by atoms with van der Waals surface area (Å²) in [5.74, 6) is 0.207. The Kier molecular flexibility index (Phi) is 3.31. The Morgan fingerprint density at radius 2 is 1.75 bits per heavy atom. The molecule has 1 heterocycles. The van der Waals surface area contributed by atoms with Gasteiger partial charge in [-0.15, -0.1) is 0 Å². The van der Waals surface area contributed by atoms with Crippen molar-refractivity contribution in [2.75, 3.05) is 0 Å². The second-order valence-electron chi connectivity index (χ2n) is 4.69. The van der Waals surface area contributed by atoms with Gasteiger partial charge in [-0.1, -0.05) is 18.2 Å². The van der Waals surface area contributed by atoms with Crippen molar-refractivity contribution in [1.82, 2.24) is 9.97 Å². The van der Waals surface area contributed by atoms with Gasteiger partial charge in [-0.25, -0.2) is 0 Å². The number of aliphatic hydroxyl groups is 1. The highest BCUT2D eigenvalue weighted by Crippen LogP contribution is 2.22. The van der Waals surface area contributed by atoms with Gasteiger partial charge in [0.2, 0.25) is 0 Å². The predicted molar refractivity (Wildman–Crippen MR) is 76.3 cm³/mol. The molecule has 0 fully saturated rings. The van der Waals surface area contributed by atoms with Gasteiger partial charge < -0.3 is 10.2 Å². The number of rotatable bonds is 3. The minimum Gasteiger partial charge on any atom is -0.508 e. The lowest BCUT2D eigenvalue weighted by molar-refractivity contribution is 0.178. The number of nitrogens with zero attached hydrogens (tertiary/aromatic N) is 2. The van der Waals surface area contributed by atoms with Crippen molar-refractivity contribution in [3.05, 3.63) is 66.0 Å². The first-order valence-corrected chi connectivity index (χ1v) is 6.39. The van der Waals surface area contributed by atoms with E-state index < -0.39 is 6.10 Å². The van der Waals surface area contributed by atoms with Crippen LogP contribution in [0.5, 0.6) is 5.75 Å². The molecule has 20 heavy (non-hydrogen) atoms. The molecule has 4 heteroatoms. The molecule has 3 rings (SSSR count). The molecule has 0 saturated carbocycles. The van der Waals surface area contributed by atoms with E-state index in [1.807, 2.05) is 24.3 Å². The summed E-state index contributed by atoms with van der Waals surface area (Å²) in [7, 11) is 0. The highest BCUT2D eigenvalue weighted by molar-refractivity contribution is 5.74. The SMILES string of the molecule is Oc1cccc(CC(O)c2ccc3nccnc3c2)c1. The van der Waals surface area contributed by atoms with Crippen LogP contribution in [-0.4, -0.2) is 20.2 Å². The molecule has 0 spiro atoms. The van der Waals surface area contributed by atoms with Crippen molar-refractivity contribution >= 4 is 11.0 Å². The summed E-state index contributed by atoms with van der Waals surface area (Å²) >= 11 is 0. The smallest absolute Gasteiger partial charge is 0.115 e. The fraction of sp³-hybridized carbons (Fsp3) is 0.125. The minimum atomic E-state index is -0.636. The summed E-state index contributed by atoms with van der Waals surface area (Å²) in [6.07, 6.45) is 3.09. The lowest BCUT2D eigenvalue weighted by Gasteiger charge is -2.11. The molecule has 0 aliphatic rings. The Balaban J connectivity index is 1.86. The quantitative estimate of drug-likeness (QED) is 0.764. The third kappa shape index (κ3) is 2.60. The average molecular weight is 266 g/mol. The molecule has 0 aliphatic carbocycles. The van der Waals surface area contributed by atoms with Crippen LogP contribution in [0.4, 0.5) is 0 Å². The summed E-state index contributed by atoms with van der Waals surface area (Å²) in [5.41, 5.74) is 3.25. The lowest BCUT2D eigenvalue weighted by Crippen LogP contribution is -2.02. The molecule has 1 unspecified atom stereocenters. The summed E-state index contributed by atoms with van der Waals surface area (Å²) in [6.45, 7) is 0. The molecule has 0 bridgehead atoms. The van der Waals surface area contributed by atoms with Crippen molar-refractivity contribution in [3.63, 3.8) is 0 Å². The normalized spacial score (nSPS) is 12.4. The van der Waals surface area contributed by atoms with E-state index in [1.54, 1.807) is 30.6 Å². The third-order valence-corrected chi connectivity index (χ3v) is 3.22. The molecule has 1 aromatic heterocycles. The monoisotopic (exact) mass is 266 g/mol. The largest absolute Gasteiger partial charge is 0.508 e. The Bertz CT molecular complexity index is 743. The van der Waals surface area contributed by atoms with Crippen molar-refractivity contribution in [2.24, 2.45) is 0 Å². The number of hydrogen-bond donors (Lipinski definition) is 2. The molecule has 0 saturated heterocycles. The maximum atomic E-state index is 10.3. The first-order chi connectivity index (χ1) is 9.72. The van der Waals surface area contributed by atoms with Gasteiger partial charge in [0.25, 0.3) is 0 Å². The van der Waals surface area contributed by atoms with E-state index in [0.29, 0.717) is 6.42 Å². The Labute approximate surface area is 116 Å². The zero-order valence-corrected chi connectivity index (χ0v) is 10.8. The number of fused-ring (bicyclic) bond motifs is 1. The van der Waals surface area contributed by atoms with Crippen LogP contribution >= 0.6 is 0 Å². The van der Waals surface area contributed by atoms with Crippen LogP contribution in [0.1, 0.15) is 17.2 Å². The van der Waals surface area contributed by atoms with Gasteiger partial charge in [-0.3, -0.25) is 9.97 Å². The van der Waals surface area contributed by atoms with Gasteiger partial charge in [-0.2, -0.15) is 0 Å².